The number of aromatic amines is 1. The highest BCUT2D eigenvalue weighted by atomic mass is 32.2. The van der Waals surface area contributed by atoms with Crippen LogP contribution in [-0.4, -0.2) is 30.6 Å². The van der Waals surface area contributed by atoms with Gasteiger partial charge in [0.1, 0.15) is 5.75 Å². The van der Waals surface area contributed by atoms with E-state index in [2.05, 4.69) is 14.9 Å². The van der Waals surface area contributed by atoms with Crippen LogP contribution in [0, 0.1) is 10.1 Å². The molecule has 10 heteroatoms. The minimum absolute atomic E-state index is 0.0312. The molecule has 0 aliphatic heterocycles. The summed E-state index contributed by atoms with van der Waals surface area (Å²) >= 11 is 0. The number of sulfonamides is 1. The van der Waals surface area contributed by atoms with Crippen molar-refractivity contribution in [1.29, 1.82) is 0 Å². The number of nitrogens with one attached hydrogen (secondary N) is 2. The number of anilines is 1. The fourth-order valence-electron chi connectivity index (χ4n) is 1.48. The Morgan fingerprint density at radius 2 is 2.15 bits per heavy atom. The van der Waals surface area contributed by atoms with Crippen molar-refractivity contribution < 1.29 is 18.1 Å². The third-order valence-electron chi connectivity index (χ3n) is 2.40. The molecule has 2 rings (SSSR count). The molecule has 0 saturated heterocycles. The van der Waals surface area contributed by atoms with Crippen LogP contribution >= 0.6 is 0 Å². The molecule has 0 aliphatic carbocycles. The summed E-state index contributed by atoms with van der Waals surface area (Å²) in [7, 11) is -2.59. The second-order valence-electron chi connectivity index (χ2n) is 3.67. The van der Waals surface area contributed by atoms with E-state index in [9.17, 15) is 18.5 Å². The molecule has 0 saturated carbocycles. The second-order valence-corrected chi connectivity index (χ2v) is 5.32. The van der Waals surface area contributed by atoms with Gasteiger partial charge in [0, 0.05) is 12.1 Å². The Morgan fingerprint density at radius 1 is 1.40 bits per heavy atom. The first-order valence-electron chi connectivity index (χ1n) is 5.28. The Kier molecular flexibility index (Phi) is 3.57. The number of methoxy groups -OCH3 is 1. The highest BCUT2D eigenvalue weighted by molar-refractivity contribution is 7.92. The van der Waals surface area contributed by atoms with Crippen LogP contribution in [0.4, 0.5) is 11.4 Å². The number of hydrogen-bond donors (Lipinski definition) is 2. The number of hydrogen-bond acceptors (Lipinski definition) is 6. The van der Waals surface area contributed by atoms with Gasteiger partial charge in [0.2, 0.25) is 0 Å². The van der Waals surface area contributed by atoms with E-state index in [1.807, 2.05) is 0 Å². The molecule has 0 radical (unpaired) electrons. The number of rotatable bonds is 5. The Labute approximate surface area is 113 Å². The molecule has 1 aromatic heterocycles. The molecule has 0 fully saturated rings. The number of nitrogens with zero attached hydrogens (tertiary/aromatic N) is 2. The van der Waals surface area contributed by atoms with Crippen LogP contribution < -0.4 is 9.46 Å². The van der Waals surface area contributed by atoms with Crippen molar-refractivity contribution >= 4 is 21.4 Å². The van der Waals surface area contributed by atoms with Crippen LogP contribution in [0.25, 0.3) is 0 Å². The smallest absolute Gasteiger partial charge is 0.278 e. The van der Waals surface area contributed by atoms with E-state index < -0.39 is 14.9 Å². The van der Waals surface area contributed by atoms with E-state index in [0.29, 0.717) is 0 Å². The summed E-state index contributed by atoms with van der Waals surface area (Å²) in [4.78, 5) is 10.1. The van der Waals surface area contributed by atoms with Crippen molar-refractivity contribution in [2.75, 3.05) is 11.8 Å². The first-order valence-corrected chi connectivity index (χ1v) is 6.77. The van der Waals surface area contributed by atoms with E-state index in [-0.39, 0.29) is 22.2 Å². The number of benzene rings is 1. The molecule has 0 amide bonds. The summed E-state index contributed by atoms with van der Waals surface area (Å²) < 4.78 is 31.2. The summed E-state index contributed by atoms with van der Waals surface area (Å²) in [5, 5.41) is 16.4. The highest BCUT2D eigenvalue weighted by Gasteiger charge is 2.20. The third-order valence-corrected chi connectivity index (χ3v) is 3.70. The molecule has 2 N–H and O–H groups in total. The van der Waals surface area contributed by atoms with Crippen LogP contribution in [0.3, 0.4) is 0 Å². The first-order chi connectivity index (χ1) is 9.44. The van der Waals surface area contributed by atoms with Crippen molar-refractivity contribution in [2.45, 2.75) is 5.03 Å². The Morgan fingerprint density at radius 3 is 2.70 bits per heavy atom. The predicted octanol–water partition coefficient (Wildman–Crippen LogP) is 1.13. The maximum atomic E-state index is 12.0. The number of nitro benzene ring substituents is 1. The van der Waals surface area contributed by atoms with Crippen LogP contribution in [-0.2, 0) is 10.0 Å². The van der Waals surface area contributed by atoms with Gasteiger partial charge in [0.15, 0.2) is 5.03 Å². The highest BCUT2D eigenvalue weighted by Crippen LogP contribution is 2.30. The maximum absolute atomic E-state index is 12.0. The molecule has 1 heterocycles. The number of H-pyrrole nitrogens is 1. The largest absolute Gasteiger partial charge is 0.495 e. The normalized spacial score (nSPS) is 11.1. The molecule has 0 aliphatic rings. The van der Waals surface area contributed by atoms with E-state index in [1.54, 1.807) is 0 Å². The van der Waals surface area contributed by atoms with Gasteiger partial charge in [0.25, 0.3) is 15.7 Å². The predicted molar refractivity (Wildman–Crippen MR) is 69.0 cm³/mol. The fraction of sp³-hybridized carbons (Fsp3) is 0.100. The lowest BCUT2D eigenvalue weighted by molar-refractivity contribution is -0.384. The monoisotopic (exact) mass is 298 g/mol. The molecule has 0 bridgehead atoms. The Bertz CT molecular complexity index is 726. The molecule has 9 nitrogen and oxygen atoms in total. The number of ether oxygens (including phenoxy) is 1. The van der Waals surface area contributed by atoms with E-state index in [1.165, 1.54) is 31.5 Å². The quantitative estimate of drug-likeness (QED) is 0.629. The Balaban J connectivity index is 2.42. The summed E-state index contributed by atoms with van der Waals surface area (Å²) in [5.41, 5.74) is -0.288. The lowest BCUT2D eigenvalue weighted by atomic mass is 10.2. The van der Waals surface area contributed by atoms with Gasteiger partial charge in [-0.15, -0.1) is 0 Å². The maximum Gasteiger partial charge on any atom is 0.278 e. The van der Waals surface area contributed by atoms with Crippen molar-refractivity contribution in [2.24, 2.45) is 0 Å². The van der Waals surface area contributed by atoms with Gasteiger partial charge >= 0.3 is 0 Å². The van der Waals surface area contributed by atoms with Crippen molar-refractivity contribution in [3.05, 3.63) is 40.6 Å². The van der Waals surface area contributed by atoms with Gasteiger partial charge in [-0.2, -0.15) is 13.5 Å². The van der Waals surface area contributed by atoms with Gasteiger partial charge in [0.05, 0.1) is 23.9 Å². The van der Waals surface area contributed by atoms with E-state index >= 15 is 0 Å². The molecule has 106 valence electrons. The zero-order valence-corrected chi connectivity index (χ0v) is 11.0. The zero-order valence-electron chi connectivity index (χ0n) is 10.2. The van der Waals surface area contributed by atoms with Crippen molar-refractivity contribution in [3.63, 3.8) is 0 Å². The minimum atomic E-state index is -3.92. The topological polar surface area (TPSA) is 127 Å². The molecular formula is C10H10N4O5S. The van der Waals surface area contributed by atoms with Gasteiger partial charge in [-0.25, -0.2) is 0 Å². The molecule has 0 unspecified atom stereocenters. The third kappa shape index (κ3) is 2.69. The summed E-state index contributed by atoms with van der Waals surface area (Å²) in [6, 6.07) is 4.86. The fourth-order valence-corrected chi connectivity index (χ4v) is 2.45. The molecule has 1 aromatic carbocycles. The molecule has 0 spiro atoms. The number of nitro groups is 1. The minimum Gasteiger partial charge on any atom is -0.495 e. The van der Waals surface area contributed by atoms with Crippen molar-refractivity contribution in [3.8, 4) is 5.75 Å². The molecule has 0 atom stereocenters. The van der Waals surface area contributed by atoms with Gasteiger partial charge in [-0.1, -0.05) is 0 Å². The second kappa shape index (κ2) is 5.17. The van der Waals surface area contributed by atoms with Crippen LogP contribution in [0.2, 0.25) is 0 Å². The van der Waals surface area contributed by atoms with Crippen LogP contribution in [0.1, 0.15) is 0 Å². The zero-order chi connectivity index (χ0) is 14.8. The van der Waals surface area contributed by atoms with Gasteiger partial charge in [-0.05, 0) is 12.1 Å². The van der Waals surface area contributed by atoms with E-state index in [4.69, 9.17) is 4.74 Å². The van der Waals surface area contributed by atoms with Crippen LogP contribution in [0.5, 0.6) is 5.75 Å². The summed E-state index contributed by atoms with van der Waals surface area (Å²) in [5.74, 6) is 0.165. The molecule has 20 heavy (non-hydrogen) atoms. The van der Waals surface area contributed by atoms with Crippen molar-refractivity contribution in [1.82, 2.24) is 10.2 Å². The SMILES string of the molecule is COc1ccc([N+](=O)[O-])cc1NS(=O)(=O)c1ccn[nH]1. The molecule has 2 aromatic rings. The Hall–Kier alpha value is -2.62. The summed E-state index contributed by atoms with van der Waals surface area (Å²) in [6.07, 6.45) is 1.28. The molecular weight excluding hydrogens is 288 g/mol. The van der Waals surface area contributed by atoms with E-state index in [0.717, 1.165) is 6.07 Å². The summed E-state index contributed by atoms with van der Waals surface area (Å²) in [6.45, 7) is 0. The first kappa shape index (κ1) is 13.8. The van der Waals surface area contributed by atoms with Gasteiger partial charge in [-0.3, -0.25) is 19.9 Å². The van der Waals surface area contributed by atoms with Gasteiger partial charge < -0.3 is 4.74 Å². The lowest BCUT2D eigenvalue weighted by Crippen LogP contribution is -2.14. The average molecular weight is 298 g/mol. The average Bonchev–Trinajstić information content (AvgIpc) is 2.92. The number of non-ortho nitro benzene ring substituents is 1. The number of aromatic nitrogens is 2. The standard InChI is InChI=1S/C10H10N4O5S/c1-19-9-3-2-7(14(15)16)6-8(9)13-20(17,18)10-4-5-11-12-10/h2-6,13H,1H3,(H,11,12). The lowest BCUT2D eigenvalue weighted by Gasteiger charge is -2.10. The van der Waals surface area contributed by atoms with Crippen LogP contribution in [0.15, 0.2) is 35.5 Å².